The van der Waals surface area contributed by atoms with Gasteiger partial charge in [0.25, 0.3) is 5.91 Å². The van der Waals surface area contributed by atoms with Gasteiger partial charge in [0.1, 0.15) is 5.82 Å². The van der Waals surface area contributed by atoms with Crippen molar-refractivity contribution in [3.05, 3.63) is 71.1 Å². The van der Waals surface area contributed by atoms with Crippen LogP contribution < -0.4 is 16.0 Å². The van der Waals surface area contributed by atoms with E-state index in [4.69, 9.17) is 17.3 Å². The Balaban J connectivity index is 1.37. The van der Waals surface area contributed by atoms with Gasteiger partial charge in [0.05, 0.1) is 36.1 Å². The van der Waals surface area contributed by atoms with Gasteiger partial charge < -0.3 is 16.0 Å². The van der Waals surface area contributed by atoms with Gasteiger partial charge in [-0.05, 0) is 36.6 Å². The van der Waals surface area contributed by atoms with Crippen molar-refractivity contribution in [2.45, 2.75) is 19.4 Å². The summed E-state index contributed by atoms with van der Waals surface area (Å²) in [5.41, 5.74) is 7.39. The number of benzene rings is 1. The first-order valence-electron chi connectivity index (χ1n) is 10.1. The SMILES string of the molecule is NC(=O)C1CCCN(c2ccc(NC(=O)c3cnn(Cc4ccccc4Cl)c3)cn2)C1. The number of carbonyl (C=O) groups excluding carboxylic acids is 2. The average molecular weight is 439 g/mol. The molecule has 8 nitrogen and oxygen atoms in total. The van der Waals surface area contributed by atoms with E-state index >= 15 is 0 Å². The number of hydrogen-bond donors (Lipinski definition) is 2. The third kappa shape index (κ3) is 5.03. The normalized spacial score (nSPS) is 16.2. The van der Waals surface area contributed by atoms with E-state index in [0.29, 0.717) is 29.4 Å². The molecule has 1 aliphatic rings. The number of hydrogen-bond acceptors (Lipinski definition) is 5. The van der Waals surface area contributed by atoms with Crippen molar-refractivity contribution in [1.82, 2.24) is 14.8 Å². The average Bonchev–Trinajstić information content (AvgIpc) is 3.25. The summed E-state index contributed by atoms with van der Waals surface area (Å²) in [4.78, 5) is 30.5. The van der Waals surface area contributed by atoms with Crippen LogP contribution in [0.25, 0.3) is 0 Å². The molecular formula is C22H23ClN6O2. The first-order valence-corrected chi connectivity index (χ1v) is 10.4. The summed E-state index contributed by atoms with van der Waals surface area (Å²) in [6.45, 7) is 1.87. The second-order valence-electron chi connectivity index (χ2n) is 7.56. The summed E-state index contributed by atoms with van der Waals surface area (Å²) in [6, 6.07) is 11.1. The Bertz CT molecular complexity index is 1080. The van der Waals surface area contributed by atoms with E-state index < -0.39 is 0 Å². The largest absolute Gasteiger partial charge is 0.369 e. The monoisotopic (exact) mass is 438 g/mol. The molecule has 1 saturated heterocycles. The second-order valence-corrected chi connectivity index (χ2v) is 7.97. The summed E-state index contributed by atoms with van der Waals surface area (Å²) in [6.07, 6.45) is 6.51. The Labute approximate surface area is 185 Å². The van der Waals surface area contributed by atoms with Gasteiger partial charge >= 0.3 is 0 Å². The van der Waals surface area contributed by atoms with Crippen molar-refractivity contribution in [1.29, 1.82) is 0 Å². The third-order valence-corrected chi connectivity index (χ3v) is 5.71. The van der Waals surface area contributed by atoms with E-state index in [-0.39, 0.29) is 17.7 Å². The minimum Gasteiger partial charge on any atom is -0.369 e. The summed E-state index contributed by atoms with van der Waals surface area (Å²) in [5, 5.41) is 7.74. The number of rotatable bonds is 6. The van der Waals surface area contributed by atoms with Gasteiger partial charge in [-0.25, -0.2) is 4.98 Å². The van der Waals surface area contributed by atoms with Crippen LogP contribution in [-0.4, -0.2) is 39.7 Å². The molecule has 160 valence electrons. The lowest BCUT2D eigenvalue weighted by atomic mass is 9.97. The number of amides is 2. The van der Waals surface area contributed by atoms with Crippen LogP contribution in [0.3, 0.4) is 0 Å². The van der Waals surface area contributed by atoms with Crippen molar-refractivity contribution >= 4 is 34.9 Å². The molecule has 0 bridgehead atoms. The molecule has 1 unspecified atom stereocenters. The molecule has 1 fully saturated rings. The highest BCUT2D eigenvalue weighted by molar-refractivity contribution is 6.31. The number of carbonyl (C=O) groups is 2. The third-order valence-electron chi connectivity index (χ3n) is 5.34. The Morgan fingerprint density at radius 2 is 2.03 bits per heavy atom. The van der Waals surface area contributed by atoms with Crippen LogP contribution in [0.5, 0.6) is 0 Å². The van der Waals surface area contributed by atoms with Crippen molar-refractivity contribution in [3.8, 4) is 0 Å². The Hall–Kier alpha value is -3.39. The van der Waals surface area contributed by atoms with E-state index in [1.54, 1.807) is 23.1 Å². The zero-order valence-electron chi connectivity index (χ0n) is 16.9. The maximum atomic E-state index is 12.6. The number of primary amides is 1. The molecule has 3 aromatic rings. The molecule has 1 atom stereocenters. The van der Waals surface area contributed by atoms with E-state index in [2.05, 4.69) is 15.4 Å². The molecule has 0 aliphatic carbocycles. The fourth-order valence-corrected chi connectivity index (χ4v) is 3.83. The quantitative estimate of drug-likeness (QED) is 0.615. The van der Waals surface area contributed by atoms with Gasteiger partial charge in [-0.3, -0.25) is 14.3 Å². The van der Waals surface area contributed by atoms with Gasteiger partial charge in [0.15, 0.2) is 0 Å². The molecule has 0 spiro atoms. The Morgan fingerprint density at radius 3 is 2.77 bits per heavy atom. The highest BCUT2D eigenvalue weighted by Crippen LogP contribution is 2.22. The molecule has 3 heterocycles. The highest BCUT2D eigenvalue weighted by atomic mass is 35.5. The van der Waals surface area contributed by atoms with Crippen LogP contribution in [0, 0.1) is 5.92 Å². The van der Waals surface area contributed by atoms with Crippen molar-refractivity contribution in [2.24, 2.45) is 11.7 Å². The fraction of sp³-hybridized carbons (Fsp3) is 0.273. The smallest absolute Gasteiger partial charge is 0.258 e. The zero-order chi connectivity index (χ0) is 21.8. The molecule has 4 rings (SSSR count). The summed E-state index contributed by atoms with van der Waals surface area (Å²) in [7, 11) is 0. The van der Waals surface area contributed by atoms with Crippen LogP contribution in [0.1, 0.15) is 28.8 Å². The number of nitrogens with two attached hydrogens (primary N) is 1. The molecule has 3 N–H and O–H groups in total. The predicted octanol–water partition coefficient (Wildman–Crippen LogP) is 2.93. The van der Waals surface area contributed by atoms with Crippen LogP contribution >= 0.6 is 11.6 Å². The minimum absolute atomic E-state index is 0.155. The van der Waals surface area contributed by atoms with Gasteiger partial charge in [0, 0.05) is 24.3 Å². The minimum atomic E-state index is -0.274. The summed E-state index contributed by atoms with van der Waals surface area (Å²) < 4.78 is 1.67. The maximum Gasteiger partial charge on any atom is 0.258 e. The highest BCUT2D eigenvalue weighted by Gasteiger charge is 2.24. The van der Waals surface area contributed by atoms with E-state index in [1.807, 2.05) is 35.2 Å². The number of nitrogens with zero attached hydrogens (tertiary/aromatic N) is 4. The lowest BCUT2D eigenvalue weighted by molar-refractivity contribution is -0.122. The first kappa shape index (κ1) is 20.9. The number of piperidine rings is 1. The molecular weight excluding hydrogens is 416 g/mol. The van der Waals surface area contributed by atoms with Gasteiger partial charge in [-0.2, -0.15) is 5.10 Å². The predicted molar refractivity (Wildman–Crippen MR) is 119 cm³/mol. The molecule has 9 heteroatoms. The van der Waals surface area contributed by atoms with Gasteiger partial charge in [-0.15, -0.1) is 0 Å². The van der Waals surface area contributed by atoms with Crippen LogP contribution in [0.4, 0.5) is 11.5 Å². The molecule has 2 aromatic heterocycles. The van der Waals surface area contributed by atoms with Crippen LogP contribution in [-0.2, 0) is 11.3 Å². The van der Waals surface area contributed by atoms with Gasteiger partial charge in [-0.1, -0.05) is 29.8 Å². The molecule has 0 saturated carbocycles. The second kappa shape index (κ2) is 9.18. The molecule has 2 amide bonds. The van der Waals surface area contributed by atoms with Crippen LogP contribution in [0.2, 0.25) is 5.02 Å². The van der Waals surface area contributed by atoms with Crippen molar-refractivity contribution < 1.29 is 9.59 Å². The Kier molecular flexibility index (Phi) is 6.18. The van der Waals surface area contributed by atoms with Crippen LogP contribution in [0.15, 0.2) is 55.0 Å². The van der Waals surface area contributed by atoms with E-state index in [9.17, 15) is 9.59 Å². The van der Waals surface area contributed by atoms with E-state index in [1.165, 1.54) is 6.20 Å². The number of aromatic nitrogens is 3. The number of nitrogens with one attached hydrogen (secondary N) is 1. The summed E-state index contributed by atoms with van der Waals surface area (Å²) >= 11 is 6.19. The van der Waals surface area contributed by atoms with Crippen molar-refractivity contribution in [3.63, 3.8) is 0 Å². The van der Waals surface area contributed by atoms with E-state index in [0.717, 1.165) is 30.8 Å². The van der Waals surface area contributed by atoms with Crippen molar-refractivity contribution in [2.75, 3.05) is 23.3 Å². The number of anilines is 2. The fourth-order valence-electron chi connectivity index (χ4n) is 3.64. The number of halogens is 1. The lowest BCUT2D eigenvalue weighted by Crippen LogP contribution is -2.41. The zero-order valence-corrected chi connectivity index (χ0v) is 17.6. The lowest BCUT2D eigenvalue weighted by Gasteiger charge is -2.32. The topological polar surface area (TPSA) is 106 Å². The molecule has 31 heavy (non-hydrogen) atoms. The Morgan fingerprint density at radius 1 is 1.19 bits per heavy atom. The van der Waals surface area contributed by atoms with Gasteiger partial charge in [0.2, 0.25) is 5.91 Å². The maximum absolute atomic E-state index is 12.6. The standard InChI is InChI=1S/C22H23ClN6O2/c23-19-6-2-1-4-15(19)13-29-14-17(10-26-29)22(31)27-18-7-8-20(25-11-18)28-9-3-5-16(12-28)21(24)30/h1-2,4,6-8,10-11,14,16H,3,5,9,12-13H2,(H2,24,30)(H,27,31). The molecule has 1 aliphatic heterocycles. The first-order chi connectivity index (χ1) is 15.0. The molecule has 0 radical (unpaired) electrons. The summed E-state index contributed by atoms with van der Waals surface area (Å²) in [5.74, 6) is 0.0594. The molecule has 1 aromatic carbocycles. The number of pyridine rings is 1.